The third-order valence-electron chi connectivity index (χ3n) is 4.56. The van der Waals surface area contributed by atoms with Crippen LogP contribution < -0.4 is 5.32 Å². The average Bonchev–Trinajstić information content (AvgIpc) is 2.73. The number of hydrogen-bond acceptors (Lipinski definition) is 7. The molecule has 0 aliphatic heterocycles. The maximum Gasteiger partial charge on any atom is 0.410 e. The highest BCUT2D eigenvalue weighted by Gasteiger charge is 2.34. The summed E-state index contributed by atoms with van der Waals surface area (Å²) in [7, 11) is 2.62. The van der Waals surface area contributed by atoms with Gasteiger partial charge in [-0.3, -0.25) is 14.5 Å². The lowest BCUT2D eigenvalue weighted by atomic mass is 10.0. The van der Waals surface area contributed by atoms with Gasteiger partial charge in [0, 0.05) is 7.05 Å². The first-order chi connectivity index (χ1) is 15.3. The highest BCUT2D eigenvalue weighted by Crippen LogP contribution is 2.16. The third-order valence-corrected chi connectivity index (χ3v) is 4.56. The zero-order chi connectivity index (χ0) is 25.2. The summed E-state index contributed by atoms with van der Waals surface area (Å²) < 4.78 is 15.3. The molecule has 1 N–H and O–H groups in total. The van der Waals surface area contributed by atoms with Crippen molar-refractivity contribution in [2.45, 2.75) is 71.8 Å². The summed E-state index contributed by atoms with van der Waals surface area (Å²) in [5.41, 5.74) is 0.0573. The van der Waals surface area contributed by atoms with Crippen LogP contribution in [0.4, 0.5) is 4.79 Å². The molecular weight excluding hydrogens is 428 g/mol. The lowest BCUT2D eigenvalue weighted by molar-refractivity contribution is -0.153. The number of rotatable bonds is 10. The number of esters is 2. The zero-order valence-electron chi connectivity index (χ0n) is 20.5. The minimum atomic E-state index is -1.26. The van der Waals surface area contributed by atoms with Crippen LogP contribution in [-0.2, 0) is 35.2 Å². The number of methoxy groups -OCH3 is 1. The van der Waals surface area contributed by atoms with E-state index in [0.717, 1.165) is 12.7 Å². The molecule has 0 saturated carbocycles. The van der Waals surface area contributed by atoms with Crippen molar-refractivity contribution >= 4 is 23.9 Å². The number of likely N-dealkylation sites (N-methyl/N-ethyl adjacent to an activating group) is 1. The fourth-order valence-corrected chi connectivity index (χ4v) is 2.92. The highest BCUT2D eigenvalue weighted by molar-refractivity contribution is 5.91. The molecule has 9 heteroatoms. The van der Waals surface area contributed by atoms with Crippen LogP contribution in [0.2, 0.25) is 0 Å². The lowest BCUT2D eigenvalue weighted by Crippen LogP contribution is -2.53. The number of amides is 2. The van der Waals surface area contributed by atoms with Gasteiger partial charge in [0.25, 0.3) is 0 Å². The summed E-state index contributed by atoms with van der Waals surface area (Å²) in [6, 6.07) is 6.91. The SMILES string of the molecule is COC(=O)C(CC(=O)OCc1ccccc1)NC(=O)C(CC(C)C)N(C)C(=O)OC(C)(C)C. The van der Waals surface area contributed by atoms with E-state index in [1.165, 1.54) is 11.9 Å². The van der Waals surface area contributed by atoms with Gasteiger partial charge in [-0.25, -0.2) is 9.59 Å². The first-order valence-corrected chi connectivity index (χ1v) is 10.9. The fourth-order valence-electron chi connectivity index (χ4n) is 2.92. The van der Waals surface area contributed by atoms with E-state index in [1.54, 1.807) is 32.9 Å². The van der Waals surface area contributed by atoms with E-state index in [0.29, 0.717) is 6.42 Å². The zero-order valence-corrected chi connectivity index (χ0v) is 20.5. The Morgan fingerprint density at radius 2 is 1.67 bits per heavy atom. The molecule has 0 aliphatic rings. The van der Waals surface area contributed by atoms with Crippen molar-refractivity contribution in [2.24, 2.45) is 5.92 Å². The minimum Gasteiger partial charge on any atom is -0.467 e. The van der Waals surface area contributed by atoms with Crippen LogP contribution >= 0.6 is 0 Å². The maximum atomic E-state index is 13.1. The van der Waals surface area contributed by atoms with Gasteiger partial charge in [0.1, 0.15) is 24.3 Å². The van der Waals surface area contributed by atoms with Gasteiger partial charge in [0.15, 0.2) is 0 Å². The molecule has 1 aromatic carbocycles. The van der Waals surface area contributed by atoms with Gasteiger partial charge >= 0.3 is 18.0 Å². The molecule has 0 bridgehead atoms. The van der Waals surface area contributed by atoms with E-state index in [9.17, 15) is 19.2 Å². The van der Waals surface area contributed by atoms with Crippen LogP contribution in [-0.4, -0.2) is 60.7 Å². The normalized spacial score (nSPS) is 13.0. The summed E-state index contributed by atoms with van der Waals surface area (Å²) in [5, 5.41) is 2.54. The molecule has 33 heavy (non-hydrogen) atoms. The Hall–Kier alpha value is -3.10. The minimum absolute atomic E-state index is 0.0405. The maximum absolute atomic E-state index is 13.1. The smallest absolute Gasteiger partial charge is 0.410 e. The second kappa shape index (κ2) is 12.8. The quantitative estimate of drug-likeness (QED) is 0.418. The van der Waals surface area contributed by atoms with Crippen LogP contribution in [0.1, 0.15) is 53.0 Å². The number of nitrogens with one attached hydrogen (secondary N) is 1. The number of nitrogens with zero attached hydrogens (tertiary/aromatic N) is 1. The highest BCUT2D eigenvalue weighted by atomic mass is 16.6. The van der Waals surface area contributed by atoms with E-state index >= 15 is 0 Å². The number of ether oxygens (including phenoxy) is 3. The first kappa shape index (κ1) is 27.9. The molecule has 0 heterocycles. The Morgan fingerprint density at radius 3 is 2.18 bits per heavy atom. The van der Waals surface area contributed by atoms with Crippen molar-refractivity contribution < 1.29 is 33.4 Å². The monoisotopic (exact) mass is 464 g/mol. The molecule has 1 rings (SSSR count). The van der Waals surface area contributed by atoms with E-state index in [-0.39, 0.29) is 12.5 Å². The fraction of sp³-hybridized carbons (Fsp3) is 0.583. The molecule has 2 amide bonds. The molecule has 2 unspecified atom stereocenters. The third kappa shape index (κ3) is 10.4. The summed E-state index contributed by atoms with van der Waals surface area (Å²) in [6.45, 7) is 9.03. The van der Waals surface area contributed by atoms with E-state index < -0.39 is 48.0 Å². The van der Waals surface area contributed by atoms with Gasteiger partial charge in [-0.2, -0.15) is 0 Å². The first-order valence-electron chi connectivity index (χ1n) is 10.9. The summed E-state index contributed by atoms with van der Waals surface area (Å²) in [5.74, 6) is -1.99. The summed E-state index contributed by atoms with van der Waals surface area (Å²) >= 11 is 0. The molecule has 184 valence electrons. The summed E-state index contributed by atoms with van der Waals surface area (Å²) in [6.07, 6.45) is -0.746. The van der Waals surface area contributed by atoms with Crippen LogP contribution in [0.3, 0.4) is 0 Å². The van der Waals surface area contributed by atoms with Gasteiger partial charge in [-0.1, -0.05) is 44.2 Å². The molecular formula is C24H36N2O7. The van der Waals surface area contributed by atoms with Crippen molar-refractivity contribution in [1.29, 1.82) is 0 Å². The second-order valence-electron chi connectivity index (χ2n) is 9.17. The Bertz CT molecular complexity index is 803. The second-order valence-corrected chi connectivity index (χ2v) is 9.17. The largest absolute Gasteiger partial charge is 0.467 e. The molecule has 0 aromatic heterocycles. The van der Waals surface area contributed by atoms with Crippen molar-refractivity contribution in [3.8, 4) is 0 Å². The Kier molecular flexibility index (Phi) is 10.8. The lowest BCUT2D eigenvalue weighted by Gasteiger charge is -2.31. The van der Waals surface area contributed by atoms with Gasteiger partial charge in [-0.15, -0.1) is 0 Å². The predicted octanol–water partition coefficient (Wildman–Crippen LogP) is 3.06. The van der Waals surface area contributed by atoms with Crippen LogP contribution in [0.15, 0.2) is 30.3 Å². The molecule has 0 fully saturated rings. The topological polar surface area (TPSA) is 111 Å². The molecule has 1 aromatic rings. The number of hydrogen-bond donors (Lipinski definition) is 1. The van der Waals surface area contributed by atoms with Crippen LogP contribution in [0, 0.1) is 5.92 Å². The molecule has 9 nitrogen and oxygen atoms in total. The van der Waals surface area contributed by atoms with E-state index in [1.807, 2.05) is 32.0 Å². The van der Waals surface area contributed by atoms with Gasteiger partial charge in [-0.05, 0) is 38.7 Å². The van der Waals surface area contributed by atoms with Crippen molar-refractivity contribution in [3.05, 3.63) is 35.9 Å². The van der Waals surface area contributed by atoms with Gasteiger partial charge in [0.05, 0.1) is 13.5 Å². The van der Waals surface area contributed by atoms with Crippen LogP contribution in [0.5, 0.6) is 0 Å². The number of carbonyl (C=O) groups excluding carboxylic acids is 4. The van der Waals surface area contributed by atoms with Crippen LogP contribution in [0.25, 0.3) is 0 Å². The summed E-state index contributed by atoms with van der Waals surface area (Å²) in [4.78, 5) is 51.3. The van der Waals surface area contributed by atoms with Crippen molar-refractivity contribution in [2.75, 3.05) is 14.2 Å². The van der Waals surface area contributed by atoms with Crippen molar-refractivity contribution in [3.63, 3.8) is 0 Å². The Balaban J connectivity index is 2.89. The standard InChI is InChI=1S/C24H36N2O7/c1-16(2)13-19(26(6)23(30)33-24(3,4)5)21(28)25-18(22(29)31-7)14-20(27)32-15-17-11-9-8-10-12-17/h8-12,16,18-19H,13-15H2,1-7H3,(H,25,28). The molecule has 0 saturated heterocycles. The average molecular weight is 465 g/mol. The van der Waals surface area contributed by atoms with E-state index in [2.05, 4.69) is 5.32 Å². The number of benzene rings is 1. The molecule has 0 spiro atoms. The Labute approximate surface area is 195 Å². The predicted molar refractivity (Wildman–Crippen MR) is 122 cm³/mol. The van der Waals surface area contributed by atoms with Gasteiger partial charge in [0.2, 0.25) is 5.91 Å². The molecule has 0 aliphatic carbocycles. The van der Waals surface area contributed by atoms with Gasteiger partial charge < -0.3 is 19.5 Å². The Morgan fingerprint density at radius 1 is 1.06 bits per heavy atom. The van der Waals surface area contributed by atoms with E-state index in [4.69, 9.17) is 14.2 Å². The number of carbonyl (C=O) groups is 4. The molecule has 0 radical (unpaired) electrons. The van der Waals surface area contributed by atoms with Crippen molar-refractivity contribution in [1.82, 2.24) is 10.2 Å². The molecule has 2 atom stereocenters.